The van der Waals surface area contributed by atoms with Crippen LogP contribution in [-0.2, 0) is 26.2 Å². The van der Waals surface area contributed by atoms with Crippen LogP contribution in [0.5, 0.6) is 0 Å². The van der Waals surface area contributed by atoms with Crippen molar-refractivity contribution in [3.63, 3.8) is 0 Å². The molecule has 4 aromatic rings. The van der Waals surface area contributed by atoms with Crippen LogP contribution in [0.4, 0.5) is 0 Å². The summed E-state index contributed by atoms with van der Waals surface area (Å²) < 4.78 is 0. The van der Waals surface area contributed by atoms with Gasteiger partial charge in [-0.2, -0.15) is 12.1 Å². The zero-order chi connectivity index (χ0) is 17.5. The molecule has 2 heteroatoms. The Hall–Kier alpha value is -1.24. The zero-order valence-electron chi connectivity index (χ0n) is 16.7. The molecule has 0 saturated heterocycles. The monoisotopic (exact) mass is 436 g/mol. The van der Waals surface area contributed by atoms with Crippen LogP contribution in [0.15, 0.2) is 72.8 Å². The van der Waals surface area contributed by atoms with Crippen LogP contribution in [0.25, 0.3) is 21.5 Å². The molecule has 4 aromatic carbocycles. The standard InChI is InChI=1S/2C10H9.C3H9Si.CH3.Zr/c2*1-8-6-9-4-2-3-5-10(9)7-8;1-4(2)3;;/h2*2-7H,1H3;4H,1H2,2-3H3;1H3;/q4*-1;+4. The summed E-state index contributed by atoms with van der Waals surface area (Å²) in [4.78, 5) is 0. The Kier molecular flexibility index (Phi) is 11.6. The Morgan fingerprint density at radius 1 is 0.731 bits per heavy atom. The van der Waals surface area contributed by atoms with Gasteiger partial charge in [0.25, 0.3) is 0 Å². The third-order valence-electron chi connectivity index (χ3n) is 3.52. The van der Waals surface area contributed by atoms with Crippen molar-refractivity contribution < 1.29 is 26.2 Å². The van der Waals surface area contributed by atoms with E-state index in [4.69, 9.17) is 0 Å². The van der Waals surface area contributed by atoms with Gasteiger partial charge in [0.1, 0.15) is 0 Å². The molecular formula is C24H30SiZr. The van der Waals surface area contributed by atoms with Crippen LogP contribution in [0.2, 0.25) is 13.1 Å². The topological polar surface area (TPSA) is 0 Å². The first-order valence-corrected chi connectivity index (χ1v) is 11.7. The number of fused-ring (bicyclic) bond motifs is 2. The largest absolute Gasteiger partial charge is 4.00 e. The summed E-state index contributed by atoms with van der Waals surface area (Å²) in [7, 11) is -0.389. The molecule has 0 aromatic heterocycles. The first-order chi connectivity index (χ1) is 11.5. The number of hydrogen-bond acceptors (Lipinski definition) is 0. The quantitative estimate of drug-likeness (QED) is 0.205. The van der Waals surface area contributed by atoms with E-state index in [1.807, 2.05) is 0 Å². The first-order valence-electron chi connectivity index (χ1n) is 8.53. The fraction of sp³-hybridized carbons (Fsp3) is 0.167. The molecule has 0 aliphatic carbocycles. The summed E-state index contributed by atoms with van der Waals surface area (Å²) in [6, 6.07) is 25.7. The van der Waals surface area contributed by atoms with E-state index in [1.54, 1.807) is 0 Å². The maximum atomic E-state index is 3.78. The Balaban J connectivity index is 0.000000378. The predicted octanol–water partition coefficient (Wildman–Crippen LogP) is 7.03. The predicted molar refractivity (Wildman–Crippen MR) is 119 cm³/mol. The molecule has 0 bridgehead atoms. The number of benzene rings is 2. The molecular weight excluding hydrogens is 408 g/mol. The van der Waals surface area contributed by atoms with Gasteiger partial charge < -0.3 is 14.0 Å². The molecule has 0 unspecified atom stereocenters. The van der Waals surface area contributed by atoms with Crippen LogP contribution < -0.4 is 0 Å². The number of hydrogen-bond donors (Lipinski definition) is 0. The molecule has 0 aliphatic heterocycles. The summed E-state index contributed by atoms with van der Waals surface area (Å²) >= 11 is 0. The van der Waals surface area contributed by atoms with Crippen LogP contribution in [0.1, 0.15) is 11.1 Å². The average Bonchev–Trinajstić information content (AvgIpc) is 3.07. The molecule has 0 spiro atoms. The van der Waals surface area contributed by atoms with Crippen molar-refractivity contribution in [3.8, 4) is 0 Å². The number of aryl methyl sites for hydroxylation is 2. The van der Waals surface area contributed by atoms with E-state index in [0.29, 0.717) is 0 Å². The normalized spacial score (nSPS) is 9.46. The molecule has 4 rings (SSSR count). The van der Waals surface area contributed by atoms with E-state index >= 15 is 0 Å². The van der Waals surface area contributed by atoms with E-state index in [9.17, 15) is 0 Å². The molecule has 0 heterocycles. The van der Waals surface area contributed by atoms with Crippen LogP contribution in [0.3, 0.4) is 0 Å². The van der Waals surface area contributed by atoms with E-state index in [2.05, 4.69) is 106 Å². The minimum Gasteiger partial charge on any atom is -0.358 e. The molecule has 0 N–H and O–H groups in total. The van der Waals surface area contributed by atoms with Gasteiger partial charge >= 0.3 is 26.2 Å². The van der Waals surface area contributed by atoms with Gasteiger partial charge in [-0.25, -0.2) is 0 Å². The maximum absolute atomic E-state index is 3.78. The van der Waals surface area contributed by atoms with Gasteiger partial charge in [0.15, 0.2) is 0 Å². The van der Waals surface area contributed by atoms with Gasteiger partial charge in [-0.3, -0.25) is 0 Å². The molecule has 0 saturated carbocycles. The Morgan fingerprint density at radius 2 is 1.04 bits per heavy atom. The number of rotatable bonds is 0. The minimum atomic E-state index is -0.389. The van der Waals surface area contributed by atoms with Crippen molar-refractivity contribution in [2.45, 2.75) is 26.9 Å². The van der Waals surface area contributed by atoms with E-state index in [1.165, 1.54) is 32.7 Å². The van der Waals surface area contributed by atoms with Crippen LogP contribution >= 0.6 is 0 Å². The third kappa shape index (κ3) is 7.98. The van der Waals surface area contributed by atoms with Crippen molar-refractivity contribution in [1.82, 2.24) is 0 Å². The summed E-state index contributed by atoms with van der Waals surface area (Å²) in [5, 5.41) is 5.39. The molecule has 0 fully saturated rings. The summed E-state index contributed by atoms with van der Waals surface area (Å²) in [5.74, 6) is 0. The second-order valence-corrected chi connectivity index (χ2v) is 9.50. The molecule has 26 heavy (non-hydrogen) atoms. The molecule has 0 atom stereocenters. The maximum Gasteiger partial charge on any atom is 4.00 e. The fourth-order valence-electron chi connectivity index (χ4n) is 2.61. The minimum absolute atomic E-state index is 0. The van der Waals surface area contributed by atoms with E-state index < -0.39 is 0 Å². The summed E-state index contributed by atoms with van der Waals surface area (Å²) in [5.41, 5.74) is 2.70. The van der Waals surface area contributed by atoms with Crippen molar-refractivity contribution in [2.75, 3.05) is 0 Å². The Morgan fingerprint density at radius 3 is 1.35 bits per heavy atom. The Bertz CT molecular complexity index is 742. The second kappa shape index (κ2) is 12.2. The Labute approximate surface area is 180 Å². The molecule has 134 valence electrons. The van der Waals surface area contributed by atoms with Gasteiger partial charge in [0.2, 0.25) is 0 Å². The van der Waals surface area contributed by atoms with E-state index in [-0.39, 0.29) is 42.4 Å². The van der Waals surface area contributed by atoms with Crippen molar-refractivity contribution in [1.29, 1.82) is 0 Å². The van der Waals surface area contributed by atoms with Gasteiger partial charge in [-0.1, -0.05) is 39.1 Å². The van der Waals surface area contributed by atoms with Gasteiger partial charge in [-0.15, -0.1) is 90.0 Å². The molecule has 0 nitrogen and oxygen atoms in total. The van der Waals surface area contributed by atoms with Crippen molar-refractivity contribution >= 4 is 30.3 Å². The summed E-state index contributed by atoms with van der Waals surface area (Å²) in [6.07, 6.45) is 0. The van der Waals surface area contributed by atoms with Gasteiger partial charge in [-0.05, 0) is 0 Å². The van der Waals surface area contributed by atoms with Gasteiger partial charge in [0.05, 0.1) is 0 Å². The smallest absolute Gasteiger partial charge is 0.358 e. The van der Waals surface area contributed by atoms with Crippen LogP contribution in [-0.4, -0.2) is 8.80 Å². The molecule has 0 aliphatic rings. The fourth-order valence-corrected chi connectivity index (χ4v) is 2.61. The molecule has 0 radical (unpaired) electrons. The third-order valence-corrected chi connectivity index (χ3v) is 3.52. The average molecular weight is 438 g/mol. The molecule has 0 amide bonds. The van der Waals surface area contributed by atoms with Crippen molar-refractivity contribution in [2.24, 2.45) is 0 Å². The second-order valence-electron chi connectivity index (χ2n) is 6.72. The van der Waals surface area contributed by atoms with Crippen molar-refractivity contribution in [3.05, 3.63) is 97.9 Å². The van der Waals surface area contributed by atoms with Gasteiger partial charge in [0, 0.05) is 0 Å². The SMILES string of the molecule is Cc1cc2ccccc2[cH-]1.Cc1cc2ccccc2[cH-]1.[CH2-][SiH](C)C.[CH3-].[Zr+4]. The first kappa shape index (κ1) is 24.8. The summed E-state index contributed by atoms with van der Waals surface area (Å²) in [6.45, 7) is 12.4. The van der Waals surface area contributed by atoms with Crippen LogP contribution in [0, 0.1) is 27.8 Å². The van der Waals surface area contributed by atoms with E-state index in [0.717, 1.165) is 0 Å². The zero-order valence-corrected chi connectivity index (χ0v) is 20.3.